The molecule has 0 radical (unpaired) electrons. The fourth-order valence-electron chi connectivity index (χ4n) is 2.55. The molecule has 0 bridgehead atoms. The number of rotatable bonds is 9. The zero-order valence-corrected chi connectivity index (χ0v) is 13.9. The van der Waals surface area contributed by atoms with E-state index in [4.69, 9.17) is 10.5 Å². The van der Waals surface area contributed by atoms with Crippen molar-refractivity contribution in [2.75, 3.05) is 45.9 Å². The second-order valence-electron chi connectivity index (χ2n) is 5.79. The third kappa shape index (κ3) is 6.55. The topological polar surface area (TPSA) is 96.7 Å². The number of nitrogens with two attached hydrogens (primary N) is 1. The Bertz CT molecular complexity index is 544. The van der Waals surface area contributed by atoms with E-state index in [1.807, 2.05) is 0 Å². The third-order valence-corrected chi connectivity index (χ3v) is 3.90. The molecule has 2 rings (SSSR count). The molecule has 1 aromatic rings. The van der Waals surface area contributed by atoms with Crippen molar-refractivity contribution in [2.24, 2.45) is 5.73 Å². The van der Waals surface area contributed by atoms with Gasteiger partial charge in [-0.05, 0) is 31.2 Å². The molecule has 0 spiro atoms. The number of hydrogen-bond acceptors (Lipinski definition) is 5. The molecule has 2 amide bonds. The van der Waals surface area contributed by atoms with E-state index >= 15 is 0 Å². The predicted molar refractivity (Wildman–Crippen MR) is 92.0 cm³/mol. The van der Waals surface area contributed by atoms with Crippen molar-refractivity contribution in [1.29, 1.82) is 0 Å². The monoisotopic (exact) mass is 334 g/mol. The minimum Gasteiger partial charge on any atom is -0.493 e. The average molecular weight is 334 g/mol. The Balaban J connectivity index is 1.56. The molecule has 1 aliphatic heterocycles. The van der Waals surface area contributed by atoms with E-state index in [0.29, 0.717) is 17.9 Å². The largest absolute Gasteiger partial charge is 0.493 e. The molecule has 0 atom stereocenters. The lowest BCUT2D eigenvalue weighted by molar-refractivity contribution is -0.121. The summed E-state index contributed by atoms with van der Waals surface area (Å²) in [6.07, 6.45) is 1.24. The summed E-state index contributed by atoms with van der Waals surface area (Å²) >= 11 is 0. The Kier molecular flexibility index (Phi) is 7.51. The summed E-state index contributed by atoms with van der Waals surface area (Å²) in [6.45, 7) is 6.20. The second-order valence-corrected chi connectivity index (χ2v) is 5.79. The number of amides is 2. The zero-order valence-electron chi connectivity index (χ0n) is 13.9. The Morgan fingerprint density at radius 2 is 2.08 bits per heavy atom. The third-order valence-electron chi connectivity index (χ3n) is 3.90. The maximum Gasteiger partial charge on any atom is 0.248 e. The molecular weight excluding hydrogens is 308 g/mol. The first kappa shape index (κ1) is 18.2. The fraction of sp³-hybridized carbons (Fsp3) is 0.529. The van der Waals surface area contributed by atoms with E-state index in [1.165, 1.54) is 0 Å². The predicted octanol–water partition coefficient (Wildman–Crippen LogP) is -0.0341. The summed E-state index contributed by atoms with van der Waals surface area (Å²) in [5, 5.41) is 6.22. The van der Waals surface area contributed by atoms with Crippen molar-refractivity contribution in [3.63, 3.8) is 0 Å². The fourth-order valence-corrected chi connectivity index (χ4v) is 2.55. The van der Waals surface area contributed by atoms with Crippen molar-refractivity contribution in [3.05, 3.63) is 29.8 Å². The highest BCUT2D eigenvalue weighted by Crippen LogP contribution is 2.13. The van der Waals surface area contributed by atoms with Crippen molar-refractivity contribution in [3.8, 4) is 5.75 Å². The van der Waals surface area contributed by atoms with Gasteiger partial charge in [-0.1, -0.05) is 6.07 Å². The van der Waals surface area contributed by atoms with Crippen LogP contribution in [0.25, 0.3) is 0 Å². The first-order valence-electron chi connectivity index (χ1n) is 8.37. The molecule has 1 fully saturated rings. The van der Waals surface area contributed by atoms with Crippen LogP contribution in [0.1, 0.15) is 23.2 Å². The summed E-state index contributed by atoms with van der Waals surface area (Å²) < 4.78 is 5.49. The average Bonchev–Trinajstić information content (AvgIpc) is 2.60. The molecule has 0 unspecified atom stereocenters. The molecule has 0 saturated carbocycles. The molecule has 1 saturated heterocycles. The van der Waals surface area contributed by atoms with Crippen LogP contribution < -0.4 is 21.1 Å². The van der Waals surface area contributed by atoms with Crippen LogP contribution >= 0.6 is 0 Å². The van der Waals surface area contributed by atoms with Crippen LogP contribution in [-0.4, -0.2) is 62.6 Å². The normalized spacial score (nSPS) is 15.0. The van der Waals surface area contributed by atoms with Gasteiger partial charge < -0.3 is 26.0 Å². The van der Waals surface area contributed by atoms with Crippen LogP contribution in [0.3, 0.4) is 0 Å². The van der Waals surface area contributed by atoms with Gasteiger partial charge in [-0.2, -0.15) is 0 Å². The van der Waals surface area contributed by atoms with Gasteiger partial charge in [-0.3, -0.25) is 9.59 Å². The van der Waals surface area contributed by atoms with Crippen molar-refractivity contribution in [1.82, 2.24) is 15.5 Å². The molecule has 0 aromatic heterocycles. The minimum absolute atomic E-state index is 0.0265. The Morgan fingerprint density at radius 3 is 2.83 bits per heavy atom. The molecule has 0 aliphatic carbocycles. The van der Waals surface area contributed by atoms with Crippen LogP contribution in [-0.2, 0) is 4.79 Å². The van der Waals surface area contributed by atoms with Gasteiger partial charge in [-0.15, -0.1) is 0 Å². The number of benzene rings is 1. The first-order chi connectivity index (χ1) is 11.6. The van der Waals surface area contributed by atoms with E-state index in [-0.39, 0.29) is 18.9 Å². The van der Waals surface area contributed by atoms with Gasteiger partial charge >= 0.3 is 0 Å². The summed E-state index contributed by atoms with van der Waals surface area (Å²) in [5.41, 5.74) is 5.61. The Labute approximate surface area is 142 Å². The van der Waals surface area contributed by atoms with Gasteiger partial charge in [0.1, 0.15) is 5.75 Å². The number of primary amides is 1. The van der Waals surface area contributed by atoms with Gasteiger partial charge in [0.25, 0.3) is 0 Å². The maximum atomic E-state index is 11.8. The molecular formula is C17H26N4O3. The lowest BCUT2D eigenvalue weighted by Crippen LogP contribution is -2.44. The smallest absolute Gasteiger partial charge is 0.248 e. The molecule has 24 heavy (non-hydrogen) atoms. The molecule has 132 valence electrons. The Morgan fingerprint density at radius 1 is 1.29 bits per heavy atom. The highest BCUT2D eigenvalue weighted by atomic mass is 16.5. The quantitative estimate of drug-likeness (QED) is 0.551. The number of piperazine rings is 1. The molecule has 4 N–H and O–H groups in total. The summed E-state index contributed by atoms with van der Waals surface area (Å²) in [6, 6.07) is 6.64. The van der Waals surface area contributed by atoms with Gasteiger partial charge in [0.05, 0.1) is 13.0 Å². The number of carbonyl (C=O) groups excluding carboxylic acids is 2. The first-order valence-corrected chi connectivity index (χ1v) is 8.37. The van der Waals surface area contributed by atoms with Crippen molar-refractivity contribution < 1.29 is 14.3 Å². The number of ether oxygens (including phenoxy) is 1. The minimum atomic E-state index is -0.498. The van der Waals surface area contributed by atoms with E-state index in [1.54, 1.807) is 24.3 Å². The number of nitrogens with one attached hydrogen (secondary N) is 2. The SMILES string of the molecule is NC(=O)c1cccc(OCCC(=O)NCCCN2CCNCC2)c1. The standard InChI is InChI=1S/C17H26N4O3/c18-17(23)14-3-1-4-15(13-14)24-12-5-16(22)20-6-2-9-21-10-7-19-8-11-21/h1,3-4,13,19H,2,5-12H2,(H2,18,23)(H,20,22). The molecule has 7 nitrogen and oxygen atoms in total. The molecule has 1 aliphatic rings. The highest BCUT2D eigenvalue weighted by molar-refractivity contribution is 5.93. The summed E-state index contributed by atoms with van der Waals surface area (Å²) in [7, 11) is 0. The van der Waals surface area contributed by atoms with Gasteiger partial charge in [0.15, 0.2) is 0 Å². The second kappa shape index (κ2) is 9.89. The number of hydrogen-bond donors (Lipinski definition) is 3. The van der Waals surface area contributed by atoms with Crippen LogP contribution in [0.15, 0.2) is 24.3 Å². The highest BCUT2D eigenvalue weighted by Gasteiger charge is 2.09. The van der Waals surface area contributed by atoms with E-state index < -0.39 is 5.91 Å². The maximum absolute atomic E-state index is 11.8. The molecule has 1 heterocycles. The molecule has 7 heteroatoms. The lowest BCUT2D eigenvalue weighted by atomic mass is 10.2. The Hall–Kier alpha value is -2.12. The van der Waals surface area contributed by atoms with Crippen molar-refractivity contribution in [2.45, 2.75) is 12.8 Å². The number of nitrogens with zero attached hydrogens (tertiary/aromatic N) is 1. The van der Waals surface area contributed by atoms with Gasteiger partial charge in [-0.25, -0.2) is 0 Å². The van der Waals surface area contributed by atoms with E-state index in [9.17, 15) is 9.59 Å². The van der Waals surface area contributed by atoms with Crippen LogP contribution in [0.2, 0.25) is 0 Å². The summed E-state index contributed by atoms with van der Waals surface area (Å²) in [4.78, 5) is 25.3. The van der Waals surface area contributed by atoms with Crippen LogP contribution in [0, 0.1) is 0 Å². The molecule has 1 aromatic carbocycles. The van der Waals surface area contributed by atoms with E-state index in [0.717, 1.165) is 39.1 Å². The van der Waals surface area contributed by atoms with Gasteiger partial charge in [0, 0.05) is 38.3 Å². The summed E-state index contributed by atoms with van der Waals surface area (Å²) in [5.74, 6) is 0.0156. The van der Waals surface area contributed by atoms with Crippen molar-refractivity contribution >= 4 is 11.8 Å². The van der Waals surface area contributed by atoms with E-state index in [2.05, 4.69) is 15.5 Å². The number of carbonyl (C=O) groups is 2. The lowest BCUT2D eigenvalue weighted by Gasteiger charge is -2.27. The van der Waals surface area contributed by atoms with Gasteiger partial charge in [0.2, 0.25) is 11.8 Å². The zero-order chi connectivity index (χ0) is 17.2. The van der Waals surface area contributed by atoms with Crippen LogP contribution in [0.5, 0.6) is 5.75 Å². The van der Waals surface area contributed by atoms with Crippen LogP contribution in [0.4, 0.5) is 0 Å².